The van der Waals surface area contributed by atoms with E-state index in [0.29, 0.717) is 23.0 Å². The third-order valence-corrected chi connectivity index (χ3v) is 5.03. The summed E-state index contributed by atoms with van der Waals surface area (Å²) in [5.74, 6) is 7.06. The van der Waals surface area contributed by atoms with Crippen LogP contribution < -0.4 is 29.4 Å². The molecule has 157 valence electrons. The summed E-state index contributed by atoms with van der Waals surface area (Å²) in [6, 6.07) is 8.67. The Morgan fingerprint density at radius 1 is 0.759 bits per heavy atom. The first-order chi connectivity index (χ1) is 13.9. The van der Waals surface area contributed by atoms with Gasteiger partial charge in [0.15, 0.2) is 17.2 Å². The highest BCUT2D eigenvalue weighted by Gasteiger charge is 2.49. The van der Waals surface area contributed by atoms with Crippen molar-refractivity contribution in [2.24, 2.45) is 5.90 Å². The lowest BCUT2D eigenvalue weighted by molar-refractivity contribution is 0.120. The molecule has 0 aromatic heterocycles. The van der Waals surface area contributed by atoms with E-state index >= 15 is 0 Å². The highest BCUT2D eigenvalue weighted by Crippen LogP contribution is 2.57. The first kappa shape index (κ1) is 22.7. The fraction of sp³-hybridized carbons (Fsp3) is 0.263. The average molecular weight is 425 g/mol. The number of nitrogens with two attached hydrogens (primary N) is 1. The molecule has 2 aromatic rings. The molecule has 29 heavy (non-hydrogen) atoms. The third kappa shape index (κ3) is 5.50. The second kappa shape index (κ2) is 10.3. The Hall–Kier alpha value is -2.55. The van der Waals surface area contributed by atoms with Crippen LogP contribution in [-0.2, 0) is 14.0 Å². The van der Waals surface area contributed by atoms with Crippen LogP contribution in [0.2, 0.25) is 0 Å². The van der Waals surface area contributed by atoms with Gasteiger partial charge in [-0.05, 0) is 35.4 Å². The number of rotatable bonds is 10. The van der Waals surface area contributed by atoms with Crippen molar-refractivity contribution in [3.63, 3.8) is 0 Å². The molecule has 0 saturated carbocycles. The maximum atomic E-state index is 12.2. The normalized spacial score (nSPS) is 13.1. The van der Waals surface area contributed by atoms with E-state index in [-0.39, 0.29) is 5.75 Å². The van der Waals surface area contributed by atoms with Crippen LogP contribution in [0.4, 0.5) is 0 Å². The predicted octanol–water partition coefficient (Wildman–Crippen LogP) is 3.92. The van der Waals surface area contributed by atoms with Crippen LogP contribution in [-0.4, -0.2) is 35.5 Å². The maximum absolute atomic E-state index is 12.2. The molecule has 1 unspecified atom stereocenters. The van der Waals surface area contributed by atoms with Crippen LogP contribution in [0.3, 0.4) is 0 Å². The minimum absolute atomic E-state index is 0.148. The van der Waals surface area contributed by atoms with Gasteiger partial charge in [0.25, 0.3) is 0 Å². The minimum atomic E-state index is -3.94. The van der Waals surface area contributed by atoms with Crippen LogP contribution in [0.1, 0.15) is 11.1 Å². The van der Waals surface area contributed by atoms with Gasteiger partial charge < -0.3 is 18.9 Å². The van der Waals surface area contributed by atoms with Gasteiger partial charge in [-0.25, -0.2) is 0 Å². The summed E-state index contributed by atoms with van der Waals surface area (Å²) in [5, 5.41) is 0. The molecule has 0 fully saturated rings. The second-order valence-electron chi connectivity index (χ2n) is 5.53. The zero-order chi connectivity index (χ0) is 21.4. The smallest absolute Gasteiger partial charge is 0.493 e. The van der Waals surface area contributed by atoms with E-state index in [0.717, 1.165) is 18.2 Å². The Labute approximate surface area is 170 Å². The molecule has 0 saturated heterocycles. The van der Waals surface area contributed by atoms with Crippen molar-refractivity contribution >= 4 is 20.3 Å². The van der Waals surface area contributed by atoms with Crippen molar-refractivity contribution in [3.8, 4) is 28.7 Å². The monoisotopic (exact) mass is 425 g/mol. The van der Waals surface area contributed by atoms with E-state index in [1.807, 2.05) is 12.2 Å². The molecule has 1 atom stereocenters. The lowest BCUT2D eigenvalue weighted by Gasteiger charge is -2.13. The van der Waals surface area contributed by atoms with Gasteiger partial charge in [0, 0.05) is 0 Å². The SMILES string of the molecule is COc1ccc(/C=C\c2cc(OC)c(OC)c(OC)c2)cc1O[P+]([O])(OC)ON. The summed E-state index contributed by atoms with van der Waals surface area (Å²) in [4.78, 5) is 12.2. The molecule has 0 aliphatic rings. The van der Waals surface area contributed by atoms with Crippen LogP contribution in [0, 0.1) is 0 Å². The van der Waals surface area contributed by atoms with Gasteiger partial charge in [-0.1, -0.05) is 22.8 Å². The molecule has 1 radical (unpaired) electrons. The zero-order valence-corrected chi connectivity index (χ0v) is 17.7. The highest BCUT2D eigenvalue weighted by molar-refractivity contribution is 7.55. The van der Waals surface area contributed by atoms with Crippen molar-refractivity contribution in [2.75, 3.05) is 35.5 Å². The Balaban J connectivity index is 2.37. The van der Waals surface area contributed by atoms with Gasteiger partial charge in [-0.3, -0.25) is 4.52 Å². The van der Waals surface area contributed by atoms with Crippen molar-refractivity contribution in [3.05, 3.63) is 41.5 Å². The first-order valence-electron chi connectivity index (χ1n) is 8.33. The van der Waals surface area contributed by atoms with E-state index in [2.05, 4.69) is 4.62 Å². The van der Waals surface area contributed by atoms with Crippen molar-refractivity contribution in [2.45, 2.75) is 0 Å². The molecular formula is C19H24NO8P+. The topological polar surface area (TPSA) is 111 Å². The summed E-state index contributed by atoms with van der Waals surface area (Å²) >= 11 is 0. The predicted molar refractivity (Wildman–Crippen MR) is 109 cm³/mol. The molecule has 10 heteroatoms. The molecule has 0 spiro atoms. The average Bonchev–Trinajstić information content (AvgIpc) is 2.76. The van der Waals surface area contributed by atoms with Gasteiger partial charge in [0.05, 0.1) is 40.4 Å². The molecule has 0 amide bonds. The number of ether oxygens (including phenoxy) is 4. The Kier molecular flexibility index (Phi) is 8.07. The third-order valence-electron chi connectivity index (χ3n) is 3.91. The molecule has 0 aliphatic heterocycles. The summed E-state index contributed by atoms with van der Waals surface area (Å²) in [6.45, 7) is 0. The molecule has 9 nitrogen and oxygen atoms in total. The molecule has 0 bridgehead atoms. The number of hydrogen-bond acceptors (Lipinski definition) is 8. The molecule has 2 N–H and O–H groups in total. The van der Waals surface area contributed by atoms with Crippen LogP contribution in [0.5, 0.6) is 28.7 Å². The Bertz CT molecular complexity index is 829. The van der Waals surface area contributed by atoms with Crippen molar-refractivity contribution in [1.29, 1.82) is 0 Å². The van der Waals surface area contributed by atoms with Gasteiger partial charge in [-0.15, -0.1) is 4.52 Å². The number of benzene rings is 2. The minimum Gasteiger partial charge on any atom is -0.493 e. The molecule has 2 aromatic carbocycles. The molecule has 0 heterocycles. The fourth-order valence-electron chi connectivity index (χ4n) is 2.48. The zero-order valence-electron chi connectivity index (χ0n) is 16.8. The first-order valence-corrected chi connectivity index (χ1v) is 9.79. The van der Waals surface area contributed by atoms with Crippen molar-refractivity contribution < 1.29 is 37.5 Å². The lowest BCUT2D eigenvalue weighted by atomic mass is 10.1. The van der Waals surface area contributed by atoms with E-state index in [4.69, 9.17) is 33.9 Å². The number of methoxy groups -OCH3 is 4. The van der Waals surface area contributed by atoms with Gasteiger partial charge >= 0.3 is 8.17 Å². The Morgan fingerprint density at radius 3 is 1.79 bits per heavy atom. The van der Waals surface area contributed by atoms with E-state index < -0.39 is 8.17 Å². The Morgan fingerprint density at radius 2 is 1.31 bits per heavy atom. The summed E-state index contributed by atoms with van der Waals surface area (Å²) < 4.78 is 35.6. The quantitative estimate of drug-likeness (QED) is 0.347. The van der Waals surface area contributed by atoms with Gasteiger partial charge in [-0.2, -0.15) is 5.90 Å². The van der Waals surface area contributed by atoms with E-state index in [1.165, 1.54) is 7.11 Å². The largest absolute Gasteiger partial charge is 0.673 e. The van der Waals surface area contributed by atoms with E-state index in [1.54, 1.807) is 51.7 Å². The summed E-state index contributed by atoms with van der Waals surface area (Å²) in [7, 11) is 3.30. The fourth-order valence-corrected chi connectivity index (χ4v) is 3.07. The lowest BCUT2D eigenvalue weighted by Crippen LogP contribution is -2.10. The summed E-state index contributed by atoms with van der Waals surface area (Å²) in [5.41, 5.74) is 1.54. The molecule has 0 aliphatic carbocycles. The summed E-state index contributed by atoms with van der Waals surface area (Å²) in [6.07, 6.45) is 3.65. The van der Waals surface area contributed by atoms with Crippen LogP contribution >= 0.6 is 8.17 Å². The molecule has 2 rings (SSSR count). The van der Waals surface area contributed by atoms with Gasteiger partial charge in [0.2, 0.25) is 11.5 Å². The van der Waals surface area contributed by atoms with Crippen molar-refractivity contribution in [1.82, 2.24) is 0 Å². The van der Waals surface area contributed by atoms with Crippen LogP contribution in [0.15, 0.2) is 30.3 Å². The van der Waals surface area contributed by atoms with Crippen LogP contribution in [0.25, 0.3) is 12.2 Å². The highest BCUT2D eigenvalue weighted by atomic mass is 31.2. The second-order valence-corrected chi connectivity index (χ2v) is 7.18. The maximum Gasteiger partial charge on any atom is 0.673 e. The molecular weight excluding hydrogens is 401 g/mol. The standard InChI is InChI=1S/C19H24NO8P/c1-22-15-9-8-13(10-16(15)27-29(21,26-5)28-20)6-7-14-11-17(23-2)19(25-4)18(12-14)24-3/h6-12H,20H2,1-5H3/q+1/b7-6-. The number of hydrogen-bond donors (Lipinski definition) is 1. The van der Waals surface area contributed by atoms with Gasteiger partial charge in [0.1, 0.15) is 0 Å². The van der Waals surface area contributed by atoms with E-state index in [9.17, 15) is 4.89 Å².